The van der Waals surface area contributed by atoms with Gasteiger partial charge in [0.2, 0.25) is 0 Å². The van der Waals surface area contributed by atoms with E-state index < -0.39 is 0 Å². The van der Waals surface area contributed by atoms with Crippen LogP contribution in [0.1, 0.15) is 5.56 Å². The molecule has 0 aromatic heterocycles. The van der Waals surface area contributed by atoms with E-state index in [1.807, 2.05) is 13.0 Å². The van der Waals surface area contributed by atoms with Crippen LogP contribution in [-0.4, -0.2) is 0 Å². The van der Waals surface area contributed by atoms with E-state index in [2.05, 4.69) is 5.32 Å². The fourth-order valence-electron chi connectivity index (χ4n) is 1.60. The minimum absolute atomic E-state index is 0.279. The van der Waals surface area contributed by atoms with Crippen LogP contribution in [0, 0.1) is 12.7 Å². The van der Waals surface area contributed by atoms with Crippen molar-refractivity contribution in [2.75, 3.05) is 11.1 Å². The predicted octanol–water partition coefficient (Wildman–Crippen LogP) is 4.11. The number of nitrogens with one attached hydrogen (secondary N) is 1. The zero-order chi connectivity index (χ0) is 12.4. The summed E-state index contributed by atoms with van der Waals surface area (Å²) in [6, 6.07) is 9.87. The standard InChI is InChI=1S/C13H12ClFN2/c1-8-4-9(15)6-11(5-8)17-13-3-2-10(16)7-12(13)14/h2-7,17H,16H2,1H3. The third-order valence-electron chi connectivity index (χ3n) is 2.31. The minimum atomic E-state index is -0.279. The second-order valence-corrected chi connectivity index (χ2v) is 4.29. The van der Waals surface area contributed by atoms with Crippen LogP contribution in [0.2, 0.25) is 5.02 Å². The van der Waals surface area contributed by atoms with Gasteiger partial charge in [0.05, 0.1) is 10.7 Å². The highest BCUT2D eigenvalue weighted by Crippen LogP contribution is 2.27. The van der Waals surface area contributed by atoms with Crippen LogP contribution >= 0.6 is 11.6 Å². The monoisotopic (exact) mass is 250 g/mol. The molecule has 88 valence electrons. The summed E-state index contributed by atoms with van der Waals surface area (Å²) >= 11 is 6.02. The SMILES string of the molecule is Cc1cc(F)cc(Nc2ccc(N)cc2Cl)c1. The van der Waals surface area contributed by atoms with Crippen LogP contribution in [0.4, 0.5) is 21.5 Å². The molecule has 0 saturated carbocycles. The summed E-state index contributed by atoms with van der Waals surface area (Å²) in [6.45, 7) is 1.83. The van der Waals surface area contributed by atoms with Crippen molar-refractivity contribution in [2.24, 2.45) is 0 Å². The molecule has 0 saturated heterocycles. The average Bonchev–Trinajstić information content (AvgIpc) is 2.21. The molecule has 0 aliphatic carbocycles. The van der Waals surface area contributed by atoms with Gasteiger partial charge in [-0.15, -0.1) is 0 Å². The quantitative estimate of drug-likeness (QED) is 0.787. The largest absolute Gasteiger partial charge is 0.399 e. The van der Waals surface area contributed by atoms with Crippen LogP contribution in [-0.2, 0) is 0 Å². The number of halogens is 2. The molecule has 0 aliphatic rings. The summed E-state index contributed by atoms with van der Waals surface area (Å²) in [6.07, 6.45) is 0. The van der Waals surface area contributed by atoms with Crippen LogP contribution in [0.5, 0.6) is 0 Å². The van der Waals surface area contributed by atoms with Gasteiger partial charge in [-0.1, -0.05) is 11.6 Å². The lowest BCUT2D eigenvalue weighted by atomic mass is 10.2. The summed E-state index contributed by atoms with van der Waals surface area (Å²) < 4.78 is 13.2. The Morgan fingerprint density at radius 3 is 2.59 bits per heavy atom. The first-order valence-electron chi connectivity index (χ1n) is 5.14. The molecule has 0 fully saturated rings. The number of rotatable bonds is 2. The van der Waals surface area contributed by atoms with E-state index in [0.717, 1.165) is 5.56 Å². The molecule has 0 atom stereocenters. The van der Waals surface area contributed by atoms with E-state index in [4.69, 9.17) is 17.3 Å². The van der Waals surface area contributed by atoms with Crippen molar-refractivity contribution < 1.29 is 4.39 Å². The maximum atomic E-state index is 13.2. The van der Waals surface area contributed by atoms with Crippen LogP contribution in [0.15, 0.2) is 36.4 Å². The molecule has 17 heavy (non-hydrogen) atoms. The number of hydrogen-bond acceptors (Lipinski definition) is 2. The van der Waals surface area contributed by atoms with E-state index in [-0.39, 0.29) is 5.82 Å². The Kier molecular flexibility index (Phi) is 3.20. The number of nitrogens with two attached hydrogens (primary N) is 1. The van der Waals surface area contributed by atoms with Crippen molar-refractivity contribution in [3.8, 4) is 0 Å². The summed E-state index contributed by atoms with van der Waals surface area (Å²) in [7, 11) is 0. The highest BCUT2D eigenvalue weighted by molar-refractivity contribution is 6.33. The molecule has 0 radical (unpaired) electrons. The maximum absolute atomic E-state index is 13.2. The zero-order valence-corrected chi connectivity index (χ0v) is 10.1. The number of aryl methyl sites for hydroxylation is 1. The molecule has 0 heterocycles. The lowest BCUT2D eigenvalue weighted by Gasteiger charge is -2.09. The van der Waals surface area contributed by atoms with Gasteiger partial charge in [0.25, 0.3) is 0 Å². The summed E-state index contributed by atoms with van der Waals surface area (Å²) in [5.74, 6) is -0.279. The Morgan fingerprint density at radius 1 is 1.18 bits per heavy atom. The molecule has 0 amide bonds. The molecular weight excluding hydrogens is 239 g/mol. The first-order valence-corrected chi connectivity index (χ1v) is 5.51. The van der Waals surface area contributed by atoms with Crippen molar-refractivity contribution >= 4 is 28.7 Å². The molecule has 0 bridgehead atoms. The number of nitrogen functional groups attached to an aromatic ring is 1. The smallest absolute Gasteiger partial charge is 0.125 e. The Labute approximate surface area is 104 Å². The third kappa shape index (κ3) is 2.88. The van der Waals surface area contributed by atoms with Gasteiger partial charge >= 0.3 is 0 Å². The minimum Gasteiger partial charge on any atom is -0.399 e. The molecule has 2 rings (SSSR count). The van der Waals surface area contributed by atoms with Crippen LogP contribution < -0.4 is 11.1 Å². The highest BCUT2D eigenvalue weighted by Gasteiger charge is 2.03. The van der Waals surface area contributed by atoms with Gasteiger partial charge < -0.3 is 11.1 Å². The van der Waals surface area contributed by atoms with Crippen LogP contribution in [0.25, 0.3) is 0 Å². The van der Waals surface area contributed by atoms with Gasteiger partial charge in [0.1, 0.15) is 5.82 Å². The normalized spacial score (nSPS) is 10.3. The second kappa shape index (κ2) is 4.63. The van der Waals surface area contributed by atoms with Gasteiger partial charge in [-0.25, -0.2) is 4.39 Å². The van der Waals surface area contributed by atoms with Crippen molar-refractivity contribution in [2.45, 2.75) is 6.92 Å². The molecule has 3 N–H and O–H groups in total. The molecule has 0 aliphatic heterocycles. The first kappa shape index (κ1) is 11.7. The fourth-order valence-corrected chi connectivity index (χ4v) is 1.83. The Morgan fingerprint density at radius 2 is 1.94 bits per heavy atom. The Balaban J connectivity index is 2.31. The summed E-state index contributed by atoms with van der Waals surface area (Å²) in [5, 5.41) is 3.56. The maximum Gasteiger partial charge on any atom is 0.125 e. The van der Waals surface area contributed by atoms with E-state index >= 15 is 0 Å². The molecule has 4 heteroatoms. The lowest BCUT2D eigenvalue weighted by Crippen LogP contribution is -1.94. The van der Waals surface area contributed by atoms with Gasteiger partial charge in [-0.05, 0) is 48.9 Å². The van der Waals surface area contributed by atoms with Crippen LogP contribution in [0.3, 0.4) is 0 Å². The Bertz CT molecular complexity index is 535. The third-order valence-corrected chi connectivity index (χ3v) is 2.63. The second-order valence-electron chi connectivity index (χ2n) is 3.88. The molecular formula is C13H12ClFN2. The van der Waals surface area contributed by atoms with E-state index in [9.17, 15) is 4.39 Å². The molecule has 2 nitrogen and oxygen atoms in total. The topological polar surface area (TPSA) is 38.0 Å². The molecule has 0 spiro atoms. The number of hydrogen-bond donors (Lipinski definition) is 2. The van der Waals surface area contributed by atoms with E-state index in [0.29, 0.717) is 22.1 Å². The molecule has 2 aromatic carbocycles. The number of anilines is 3. The van der Waals surface area contributed by atoms with Crippen molar-refractivity contribution in [3.05, 3.63) is 52.8 Å². The average molecular weight is 251 g/mol. The summed E-state index contributed by atoms with van der Waals surface area (Å²) in [4.78, 5) is 0. The lowest BCUT2D eigenvalue weighted by molar-refractivity contribution is 0.627. The molecule has 0 unspecified atom stereocenters. The van der Waals surface area contributed by atoms with Crippen molar-refractivity contribution in [1.29, 1.82) is 0 Å². The van der Waals surface area contributed by atoms with E-state index in [1.54, 1.807) is 18.2 Å². The first-order chi connectivity index (χ1) is 8.04. The molecule has 2 aromatic rings. The van der Waals surface area contributed by atoms with Crippen molar-refractivity contribution in [1.82, 2.24) is 0 Å². The van der Waals surface area contributed by atoms with E-state index in [1.165, 1.54) is 12.1 Å². The Hall–Kier alpha value is -1.74. The van der Waals surface area contributed by atoms with Gasteiger partial charge in [-0.2, -0.15) is 0 Å². The predicted molar refractivity (Wildman–Crippen MR) is 70.3 cm³/mol. The van der Waals surface area contributed by atoms with Gasteiger partial charge in [-0.3, -0.25) is 0 Å². The fraction of sp³-hybridized carbons (Fsp3) is 0.0769. The number of benzene rings is 2. The van der Waals surface area contributed by atoms with Gasteiger partial charge in [0, 0.05) is 11.4 Å². The van der Waals surface area contributed by atoms with Gasteiger partial charge in [0.15, 0.2) is 0 Å². The highest BCUT2D eigenvalue weighted by atomic mass is 35.5. The van der Waals surface area contributed by atoms with Crippen molar-refractivity contribution in [3.63, 3.8) is 0 Å². The zero-order valence-electron chi connectivity index (χ0n) is 9.30. The summed E-state index contributed by atoms with van der Waals surface area (Å²) in [5.41, 5.74) is 8.40.